The first-order chi connectivity index (χ1) is 9.42. The fourth-order valence-corrected chi connectivity index (χ4v) is 3.79. The number of benzene rings is 1. The molecular weight excluding hydrogens is 278 g/mol. The standard InChI is InChI=1S/C14H19NO4S/c1-2-10-3-7-13(8-4-10)20(18,19)15-12-6-5-11(9-12)14(16)17/h3-4,7-8,11-12,15H,2,5-6,9H2,1H3,(H,16,17)/t11-,12+/m1/s1. The van der Waals surface area contributed by atoms with Crippen LogP contribution in [0.3, 0.4) is 0 Å². The van der Waals surface area contributed by atoms with Crippen LogP contribution in [0.15, 0.2) is 29.2 Å². The number of rotatable bonds is 5. The van der Waals surface area contributed by atoms with E-state index in [0.29, 0.717) is 19.3 Å². The molecular formula is C14H19NO4S. The Hall–Kier alpha value is -1.40. The summed E-state index contributed by atoms with van der Waals surface area (Å²) in [5.74, 6) is -1.29. The Bertz CT molecular complexity index is 580. The smallest absolute Gasteiger partial charge is 0.306 e. The van der Waals surface area contributed by atoms with Crippen LogP contribution in [0.25, 0.3) is 0 Å². The summed E-state index contributed by atoms with van der Waals surface area (Å²) in [6.45, 7) is 2.01. The Morgan fingerprint density at radius 2 is 1.95 bits per heavy atom. The van der Waals surface area contributed by atoms with Crippen molar-refractivity contribution in [2.45, 2.75) is 43.5 Å². The van der Waals surface area contributed by atoms with Gasteiger partial charge in [-0.3, -0.25) is 4.79 Å². The zero-order chi connectivity index (χ0) is 14.8. The molecule has 20 heavy (non-hydrogen) atoms. The average molecular weight is 297 g/mol. The molecule has 1 fully saturated rings. The van der Waals surface area contributed by atoms with Crippen LogP contribution in [-0.2, 0) is 21.2 Å². The molecule has 0 spiro atoms. The van der Waals surface area contributed by atoms with Crippen LogP contribution in [0.5, 0.6) is 0 Å². The normalized spacial score (nSPS) is 22.9. The largest absolute Gasteiger partial charge is 0.481 e. The molecule has 1 aromatic rings. The van der Waals surface area contributed by atoms with Crippen LogP contribution in [0.4, 0.5) is 0 Å². The van der Waals surface area contributed by atoms with Gasteiger partial charge in [0.1, 0.15) is 0 Å². The van der Waals surface area contributed by atoms with Crippen molar-refractivity contribution >= 4 is 16.0 Å². The summed E-state index contributed by atoms with van der Waals surface area (Å²) >= 11 is 0. The Morgan fingerprint density at radius 3 is 2.45 bits per heavy atom. The minimum Gasteiger partial charge on any atom is -0.481 e. The number of sulfonamides is 1. The van der Waals surface area contributed by atoms with E-state index in [1.807, 2.05) is 6.92 Å². The first kappa shape index (κ1) is 15.0. The maximum absolute atomic E-state index is 12.2. The molecule has 0 aliphatic heterocycles. The van der Waals surface area contributed by atoms with Gasteiger partial charge in [-0.15, -0.1) is 0 Å². The van der Waals surface area contributed by atoms with Crippen molar-refractivity contribution in [1.29, 1.82) is 0 Å². The van der Waals surface area contributed by atoms with Crippen LogP contribution < -0.4 is 4.72 Å². The van der Waals surface area contributed by atoms with Gasteiger partial charge in [0, 0.05) is 6.04 Å². The zero-order valence-corrected chi connectivity index (χ0v) is 12.2. The second kappa shape index (κ2) is 5.93. The molecule has 1 aliphatic carbocycles. The van der Waals surface area contributed by atoms with E-state index in [1.54, 1.807) is 24.3 Å². The number of hydrogen-bond acceptors (Lipinski definition) is 3. The van der Waals surface area contributed by atoms with Gasteiger partial charge in [-0.1, -0.05) is 19.1 Å². The lowest BCUT2D eigenvalue weighted by Gasteiger charge is -2.13. The van der Waals surface area contributed by atoms with Crippen LogP contribution >= 0.6 is 0 Å². The zero-order valence-electron chi connectivity index (χ0n) is 11.4. The molecule has 2 N–H and O–H groups in total. The van der Waals surface area contributed by atoms with Crippen molar-refractivity contribution in [3.05, 3.63) is 29.8 Å². The Kier molecular flexibility index (Phi) is 4.45. The highest BCUT2D eigenvalue weighted by Crippen LogP contribution is 2.27. The van der Waals surface area contributed by atoms with Gasteiger partial charge in [-0.25, -0.2) is 13.1 Å². The molecule has 110 valence electrons. The average Bonchev–Trinajstić information content (AvgIpc) is 2.87. The number of carboxylic acid groups (broad SMARTS) is 1. The van der Waals surface area contributed by atoms with Crippen molar-refractivity contribution in [3.63, 3.8) is 0 Å². The van der Waals surface area contributed by atoms with Crippen molar-refractivity contribution in [3.8, 4) is 0 Å². The SMILES string of the molecule is CCc1ccc(S(=O)(=O)N[C@H]2CC[C@@H](C(=O)O)C2)cc1. The number of aryl methyl sites for hydroxylation is 1. The molecule has 2 atom stereocenters. The second-order valence-corrected chi connectivity index (χ2v) is 6.88. The third kappa shape index (κ3) is 3.37. The van der Waals surface area contributed by atoms with Gasteiger partial charge < -0.3 is 5.11 Å². The summed E-state index contributed by atoms with van der Waals surface area (Å²) in [6.07, 6.45) is 2.32. The second-order valence-electron chi connectivity index (χ2n) is 5.16. The van der Waals surface area contributed by atoms with Gasteiger partial charge in [0.25, 0.3) is 0 Å². The van der Waals surface area contributed by atoms with E-state index >= 15 is 0 Å². The number of carbonyl (C=O) groups is 1. The summed E-state index contributed by atoms with van der Waals surface area (Å²) < 4.78 is 27.0. The summed E-state index contributed by atoms with van der Waals surface area (Å²) in [4.78, 5) is 11.1. The van der Waals surface area contributed by atoms with Crippen LogP contribution in [0.2, 0.25) is 0 Å². The first-order valence-corrected chi connectivity index (χ1v) is 8.24. The fourth-order valence-electron chi connectivity index (χ4n) is 2.50. The van der Waals surface area contributed by atoms with Crippen LogP contribution in [0, 0.1) is 5.92 Å². The Balaban J connectivity index is 2.06. The van der Waals surface area contributed by atoms with Crippen LogP contribution in [-0.4, -0.2) is 25.5 Å². The molecule has 0 aromatic heterocycles. The summed E-state index contributed by atoms with van der Waals surface area (Å²) in [7, 11) is -3.56. The van der Waals surface area contributed by atoms with Crippen molar-refractivity contribution in [2.24, 2.45) is 5.92 Å². The molecule has 1 aliphatic rings. The molecule has 0 saturated heterocycles. The van der Waals surface area contributed by atoms with E-state index in [2.05, 4.69) is 4.72 Å². The van der Waals surface area contributed by atoms with Gasteiger partial charge in [0.05, 0.1) is 10.8 Å². The minimum atomic E-state index is -3.56. The van der Waals surface area contributed by atoms with Gasteiger partial charge in [-0.2, -0.15) is 0 Å². The number of hydrogen-bond donors (Lipinski definition) is 2. The number of nitrogens with one attached hydrogen (secondary N) is 1. The molecule has 0 heterocycles. The molecule has 0 bridgehead atoms. The lowest BCUT2D eigenvalue weighted by atomic mass is 10.1. The maximum Gasteiger partial charge on any atom is 0.306 e. The molecule has 1 saturated carbocycles. The van der Waals surface area contributed by atoms with Gasteiger partial charge >= 0.3 is 5.97 Å². The fraction of sp³-hybridized carbons (Fsp3) is 0.500. The lowest BCUT2D eigenvalue weighted by Crippen LogP contribution is -2.33. The number of aliphatic carboxylic acids is 1. The molecule has 0 radical (unpaired) electrons. The van der Waals surface area contributed by atoms with E-state index in [4.69, 9.17) is 5.11 Å². The molecule has 0 unspecified atom stereocenters. The van der Waals surface area contributed by atoms with E-state index in [1.165, 1.54) is 0 Å². The van der Waals surface area contributed by atoms with Gasteiger partial charge in [-0.05, 0) is 43.4 Å². The summed E-state index contributed by atoms with van der Waals surface area (Å²) in [5.41, 5.74) is 1.08. The van der Waals surface area contributed by atoms with Crippen molar-refractivity contribution in [2.75, 3.05) is 0 Å². The highest BCUT2D eigenvalue weighted by atomic mass is 32.2. The summed E-state index contributed by atoms with van der Waals surface area (Å²) in [5, 5.41) is 8.93. The molecule has 0 amide bonds. The third-order valence-electron chi connectivity index (χ3n) is 3.75. The highest BCUT2D eigenvalue weighted by molar-refractivity contribution is 7.89. The van der Waals surface area contributed by atoms with E-state index in [9.17, 15) is 13.2 Å². The number of carboxylic acids is 1. The van der Waals surface area contributed by atoms with Crippen molar-refractivity contribution < 1.29 is 18.3 Å². The molecule has 2 rings (SSSR count). The van der Waals surface area contributed by atoms with Crippen molar-refractivity contribution in [1.82, 2.24) is 4.72 Å². The van der Waals surface area contributed by atoms with Crippen LogP contribution in [0.1, 0.15) is 31.7 Å². The van der Waals surface area contributed by atoms with E-state index < -0.39 is 21.9 Å². The monoisotopic (exact) mass is 297 g/mol. The summed E-state index contributed by atoms with van der Waals surface area (Å²) in [6, 6.07) is 6.48. The predicted octanol–water partition coefficient (Wildman–Crippen LogP) is 1.78. The van der Waals surface area contributed by atoms with Gasteiger partial charge in [0.2, 0.25) is 10.0 Å². The Labute approximate surface area is 119 Å². The lowest BCUT2D eigenvalue weighted by molar-refractivity contribution is -0.141. The molecule has 1 aromatic carbocycles. The van der Waals surface area contributed by atoms with E-state index in [0.717, 1.165) is 12.0 Å². The molecule has 5 nitrogen and oxygen atoms in total. The minimum absolute atomic E-state index is 0.230. The van der Waals surface area contributed by atoms with E-state index in [-0.39, 0.29) is 10.9 Å². The molecule has 6 heteroatoms. The topological polar surface area (TPSA) is 83.5 Å². The predicted molar refractivity (Wildman–Crippen MR) is 74.9 cm³/mol. The quantitative estimate of drug-likeness (QED) is 0.867. The first-order valence-electron chi connectivity index (χ1n) is 6.76. The Morgan fingerprint density at radius 1 is 1.30 bits per heavy atom. The highest BCUT2D eigenvalue weighted by Gasteiger charge is 2.32. The van der Waals surface area contributed by atoms with Gasteiger partial charge in [0.15, 0.2) is 0 Å². The maximum atomic E-state index is 12.2. The third-order valence-corrected chi connectivity index (χ3v) is 5.28.